The predicted molar refractivity (Wildman–Crippen MR) is 157 cm³/mol. The standard InChI is InChI=1S/C28H22Br2ClN3O5/c1-14-7-8-22(15(2)9-14)32-24(35)13-39-25-17(10-18(29)12-20(25)30)11-19-26(36)33-28(38)34(27(19)37)23-6-4-5-21(31)16(23)3/h4-12H,13H2,1-3H3,(H,32,35)(H,33,36,38)/b19-11-. The van der Waals surface area contributed by atoms with Crippen molar-refractivity contribution in [1.82, 2.24) is 5.32 Å². The molecule has 11 heteroatoms. The predicted octanol–water partition coefficient (Wildman–Crippen LogP) is 6.47. The van der Waals surface area contributed by atoms with Crippen LogP contribution in [0.25, 0.3) is 6.08 Å². The van der Waals surface area contributed by atoms with E-state index in [4.69, 9.17) is 16.3 Å². The number of aryl methyl sites for hydroxylation is 2. The Morgan fingerprint density at radius 1 is 1.08 bits per heavy atom. The van der Waals surface area contributed by atoms with Crippen LogP contribution in [-0.4, -0.2) is 30.4 Å². The van der Waals surface area contributed by atoms with E-state index in [0.717, 1.165) is 16.0 Å². The maximum absolute atomic E-state index is 13.4. The van der Waals surface area contributed by atoms with Crippen LogP contribution in [0, 0.1) is 20.8 Å². The van der Waals surface area contributed by atoms with Crippen LogP contribution < -0.4 is 20.3 Å². The zero-order valence-electron chi connectivity index (χ0n) is 21.0. The van der Waals surface area contributed by atoms with Crippen molar-refractivity contribution in [3.8, 4) is 5.75 Å². The second-order valence-electron chi connectivity index (χ2n) is 8.80. The van der Waals surface area contributed by atoms with Gasteiger partial charge in [0.15, 0.2) is 6.61 Å². The van der Waals surface area contributed by atoms with Crippen molar-refractivity contribution in [3.05, 3.63) is 90.3 Å². The van der Waals surface area contributed by atoms with Gasteiger partial charge in [0.1, 0.15) is 11.3 Å². The largest absolute Gasteiger partial charge is 0.482 e. The molecule has 8 nitrogen and oxygen atoms in total. The van der Waals surface area contributed by atoms with Crippen LogP contribution in [0.3, 0.4) is 0 Å². The number of nitrogens with zero attached hydrogens (tertiary/aromatic N) is 1. The lowest BCUT2D eigenvalue weighted by molar-refractivity contribution is -0.122. The normalized spacial score (nSPS) is 14.5. The number of hydrogen-bond donors (Lipinski definition) is 2. The van der Waals surface area contributed by atoms with Crippen LogP contribution in [0.2, 0.25) is 5.02 Å². The van der Waals surface area contributed by atoms with E-state index in [2.05, 4.69) is 42.5 Å². The molecular formula is C28H22Br2ClN3O5. The third-order valence-electron chi connectivity index (χ3n) is 5.92. The molecule has 39 heavy (non-hydrogen) atoms. The van der Waals surface area contributed by atoms with Gasteiger partial charge in [-0.1, -0.05) is 51.3 Å². The number of carbonyl (C=O) groups excluding carboxylic acids is 4. The van der Waals surface area contributed by atoms with E-state index in [-0.39, 0.29) is 23.6 Å². The number of carbonyl (C=O) groups is 4. The van der Waals surface area contributed by atoms with Crippen molar-refractivity contribution in [2.75, 3.05) is 16.8 Å². The van der Waals surface area contributed by atoms with Crippen LogP contribution in [0.4, 0.5) is 16.2 Å². The molecule has 4 rings (SSSR count). The van der Waals surface area contributed by atoms with Crippen LogP contribution in [0.15, 0.2) is 63.0 Å². The Morgan fingerprint density at radius 2 is 1.82 bits per heavy atom. The number of halogens is 3. The number of amides is 5. The molecular weight excluding hydrogens is 654 g/mol. The van der Waals surface area contributed by atoms with Crippen LogP contribution in [-0.2, 0) is 14.4 Å². The summed E-state index contributed by atoms with van der Waals surface area (Å²) in [6.45, 7) is 5.18. The summed E-state index contributed by atoms with van der Waals surface area (Å²) in [5.74, 6) is -1.86. The van der Waals surface area contributed by atoms with Crippen LogP contribution in [0.1, 0.15) is 22.3 Å². The third-order valence-corrected chi connectivity index (χ3v) is 7.38. The molecule has 0 saturated carbocycles. The zero-order chi connectivity index (χ0) is 28.4. The Labute approximate surface area is 246 Å². The molecule has 0 spiro atoms. The molecule has 3 aromatic carbocycles. The quantitative estimate of drug-likeness (QED) is 0.230. The van der Waals surface area contributed by atoms with E-state index in [9.17, 15) is 19.2 Å². The Morgan fingerprint density at radius 3 is 2.54 bits per heavy atom. The molecule has 1 heterocycles. The molecule has 3 aromatic rings. The molecule has 1 aliphatic rings. The number of urea groups is 1. The van der Waals surface area contributed by atoms with E-state index in [1.54, 1.807) is 37.3 Å². The second kappa shape index (κ2) is 11.7. The van der Waals surface area contributed by atoms with Gasteiger partial charge in [0.05, 0.1) is 10.2 Å². The van der Waals surface area contributed by atoms with Gasteiger partial charge in [-0.2, -0.15) is 0 Å². The molecule has 1 fully saturated rings. The number of hydrogen-bond acceptors (Lipinski definition) is 5. The summed E-state index contributed by atoms with van der Waals surface area (Å²) >= 11 is 13.0. The fraction of sp³-hybridized carbons (Fsp3) is 0.143. The van der Waals surface area contributed by atoms with Crippen LogP contribution in [0.5, 0.6) is 5.75 Å². The number of benzene rings is 3. The fourth-order valence-corrected chi connectivity index (χ4v) is 5.53. The summed E-state index contributed by atoms with van der Waals surface area (Å²) in [5.41, 5.74) is 3.42. The van der Waals surface area contributed by atoms with Crippen molar-refractivity contribution in [2.24, 2.45) is 0 Å². The van der Waals surface area contributed by atoms with Crippen molar-refractivity contribution in [2.45, 2.75) is 20.8 Å². The third kappa shape index (κ3) is 6.24. The lowest BCUT2D eigenvalue weighted by Crippen LogP contribution is -2.54. The van der Waals surface area contributed by atoms with Crippen molar-refractivity contribution in [3.63, 3.8) is 0 Å². The lowest BCUT2D eigenvalue weighted by atomic mass is 10.0. The molecule has 0 atom stereocenters. The van der Waals surface area contributed by atoms with Crippen molar-refractivity contribution >= 4 is 84.7 Å². The lowest BCUT2D eigenvalue weighted by Gasteiger charge is -2.28. The number of rotatable bonds is 6. The summed E-state index contributed by atoms with van der Waals surface area (Å²) in [6.07, 6.45) is 1.31. The maximum atomic E-state index is 13.4. The highest BCUT2D eigenvalue weighted by molar-refractivity contribution is 9.11. The Kier molecular flexibility index (Phi) is 8.58. The fourth-order valence-electron chi connectivity index (χ4n) is 3.99. The molecule has 0 bridgehead atoms. The Balaban J connectivity index is 1.64. The first-order chi connectivity index (χ1) is 18.5. The van der Waals surface area contributed by atoms with Gasteiger partial charge in [-0.05, 0) is 84.2 Å². The first-order valence-corrected chi connectivity index (χ1v) is 13.6. The van der Waals surface area contributed by atoms with E-state index >= 15 is 0 Å². The van der Waals surface area contributed by atoms with Crippen LogP contribution >= 0.6 is 43.5 Å². The Hall–Kier alpha value is -3.47. The smallest absolute Gasteiger partial charge is 0.335 e. The van der Waals surface area contributed by atoms with Gasteiger partial charge in [0.25, 0.3) is 17.7 Å². The number of barbiturate groups is 1. The number of nitrogens with one attached hydrogen (secondary N) is 2. The first-order valence-electron chi connectivity index (χ1n) is 11.6. The molecule has 0 unspecified atom stereocenters. The van der Waals surface area contributed by atoms with Gasteiger partial charge < -0.3 is 10.1 Å². The molecule has 200 valence electrons. The maximum Gasteiger partial charge on any atom is 0.335 e. The van der Waals surface area contributed by atoms with Gasteiger partial charge >= 0.3 is 6.03 Å². The monoisotopic (exact) mass is 673 g/mol. The zero-order valence-corrected chi connectivity index (χ0v) is 25.0. The minimum Gasteiger partial charge on any atom is -0.482 e. The average Bonchev–Trinajstić information content (AvgIpc) is 2.85. The SMILES string of the molecule is Cc1ccc(NC(=O)COc2c(Br)cc(Br)cc2/C=C2/C(=O)NC(=O)N(c3cccc(Cl)c3C)C2=O)c(C)c1. The highest BCUT2D eigenvalue weighted by Gasteiger charge is 2.38. The topological polar surface area (TPSA) is 105 Å². The molecule has 0 aromatic heterocycles. The van der Waals surface area contributed by atoms with E-state index in [1.165, 1.54) is 6.08 Å². The minimum atomic E-state index is -0.887. The molecule has 5 amide bonds. The van der Waals surface area contributed by atoms with Gasteiger partial charge in [-0.25, -0.2) is 9.69 Å². The summed E-state index contributed by atoms with van der Waals surface area (Å²) in [4.78, 5) is 52.3. The van der Waals surface area contributed by atoms with Crippen molar-refractivity contribution < 1.29 is 23.9 Å². The summed E-state index contributed by atoms with van der Waals surface area (Å²) in [5, 5.41) is 5.38. The molecule has 1 aliphatic heterocycles. The Bertz CT molecular complexity index is 1570. The summed E-state index contributed by atoms with van der Waals surface area (Å²) < 4.78 is 6.93. The molecule has 0 aliphatic carbocycles. The highest BCUT2D eigenvalue weighted by Crippen LogP contribution is 2.36. The molecule has 1 saturated heterocycles. The van der Waals surface area contributed by atoms with Gasteiger partial charge in [0.2, 0.25) is 0 Å². The number of imide groups is 2. The van der Waals surface area contributed by atoms with Gasteiger partial charge in [-0.3, -0.25) is 19.7 Å². The van der Waals surface area contributed by atoms with Gasteiger partial charge in [-0.15, -0.1) is 0 Å². The van der Waals surface area contributed by atoms with Crippen molar-refractivity contribution in [1.29, 1.82) is 0 Å². The minimum absolute atomic E-state index is 0.226. The molecule has 2 N–H and O–H groups in total. The highest BCUT2D eigenvalue weighted by atomic mass is 79.9. The summed E-state index contributed by atoms with van der Waals surface area (Å²) in [6, 6.07) is 12.9. The van der Waals surface area contributed by atoms with E-state index in [1.807, 2.05) is 32.0 Å². The first kappa shape index (κ1) is 28.5. The number of anilines is 2. The second-order valence-corrected chi connectivity index (χ2v) is 11.0. The summed E-state index contributed by atoms with van der Waals surface area (Å²) in [7, 11) is 0. The molecule has 0 radical (unpaired) electrons. The van der Waals surface area contributed by atoms with E-state index < -0.39 is 23.8 Å². The van der Waals surface area contributed by atoms with E-state index in [0.29, 0.717) is 30.8 Å². The average molecular weight is 676 g/mol. The number of ether oxygens (including phenoxy) is 1. The van der Waals surface area contributed by atoms with Gasteiger partial charge in [0, 0.05) is 20.7 Å².